The number of rotatable bonds is 3. The summed E-state index contributed by atoms with van der Waals surface area (Å²) >= 11 is 0. The summed E-state index contributed by atoms with van der Waals surface area (Å²) in [6, 6.07) is 14.7. The molecule has 0 aromatic heterocycles. The van der Waals surface area contributed by atoms with Crippen molar-refractivity contribution in [2.24, 2.45) is 0 Å². The van der Waals surface area contributed by atoms with Crippen LogP contribution in [0.15, 0.2) is 42.5 Å². The van der Waals surface area contributed by atoms with E-state index in [0.29, 0.717) is 16.9 Å². The minimum absolute atomic E-state index is 0.141. The predicted octanol–water partition coefficient (Wildman–Crippen LogP) is 3.30. The summed E-state index contributed by atoms with van der Waals surface area (Å²) < 4.78 is 19.0. The van der Waals surface area contributed by atoms with Crippen molar-refractivity contribution in [2.45, 2.75) is 0 Å². The van der Waals surface area contributed by atoms with E-state index in [2.05, 4.69) is 12.0 Å². The highest BCUT2D eigenvalue weighted by Crippen LogP contribution is 2.30. The van der Waals surface area contributed by atoms with Gasteiger partial charge in [0.2, 0.25) is 0 Å². The molecule has 2 rings (SSSR count). The van der Waals surface area contributed by atoms with E-state index in [1.807, 2.05) is 0 Å². The molecule has 0 aliphatic rings. The normalized spacial score (nSPS) is 9.65. The summed E-state index contributed by atoms with van der Waals surface area (Å²) in [5.41, 5.74) is 1.14. The SMILES string of the molecule is C#CCOc1[c]cccc1-c1ccccc1F. The zero-order valence-corrected chi connectivity index (χ0v) is 9.11. The molecule has 0 saturated heterocycles. The smallest absolute Gasteiger partial charge is 0.148 e. The van der Waals surface area contributed by atoms with Gasteiger partial charge < -0.3 is 4.74 Å². The van der Waals surface area contributed by atoms with Crippen LogP contribution in [0.1, 0.15) is 0 Å². The number of para-hydroxylation sites is 1. The van der Waals surface area contributed by atoms with Gasteiger partial charge in [-0.3, -0.25) is 0 Å². The second kappa shape index (κ2) is 5.18. The van der Waals surface area contributed by atoms with Gasteiger partial charge in [-0.2, -0.15) is 0 Å². The van der Waals surface area contributed by atoms with Crippen molar-refractivity contribution in [3.8, 4) is 29.2 Å². The largest absolute Gasteiger partial charge is 0.480 e. The average Bonchev–Trinajstić information content (AvgIpc) is 2.37. The first-order valence-electron chi connectivity index (χ1n) is 5.15. The standard InChI is InChI=1S/C15H10FO/c1-2-11-17-15-10-6-4-8-13(15)12-7-3-5-9-14(12)16/h1,3-9H,11H2. The van der Waals surface area contributed by atoms with Crippen LogP contribution in [0.2, 0.25) is 0 Å². The molecule has 0 fully saturated rings. The van der Waals surface area contributed by atoms with E-state index in [-0.39, 0.29) is 12.4 Å². The minimum atomic E-state index is -0.294. The van der Waals surface area contributed by atoms with E-state index in [9.17, 15) is 4.39 Å². The molecule has 0 unspecified atom stereocenters. The first-order valence-corrected chi connectivity index (χ1v) is 5.15. The monoisotopic (exact) mass is 225 g/mol. The molecule has 2 heteroatoms. The Morgan fingerprint density at radius 3 is 2.71 bits per heavy atom. The van der Waals surface area contributed by atoms with Crippen LogP contribution in [-0.2, 0) is 0 Å². The van der Waals surface area contributed by atoms with Gasteiger partial charge in [0.25, 0.3) is 0 Å². The van der Waals surface area contributed by atoms with Crippen LogP contribution in [-0.4, -0.2) is 6.61 Å². The Bertz CT molecular complexity index is 555. The summed E-state index contributed by atoms with van der Waals surface area (Å²) in [4.78, 5) is 0. The number of hydrogen-bond acceptors (Lipinski definition) is 1. The van der Waals surface area contributed by atoms with Gasteiger partial charge in [-0.1, -0.05) is 42.3 Å². The van der Waals surface area contributed by atoms with E-state index in [1.165, 1.54) is 6.07 Å². The number of terminal acetylenes is 1. The topological polar surface area (TPSA) is 9.23 Å². The van der Waals surface area contributed by atoms with Crippen molar-refractivity contribution in [1.29, 1.82) is 0 Å². The number of benzene rings is 2. The molecule has 0 bridgehead atoms. The van der Waals surface area contributed by atoms with Crippen molar-refractivity contribution in [3.63, 3.8) is 0 Å². The fraction of sp³-hybridized carbons (Fsp3) is 0.0667. The summed E-state index contributed by atoms with van der Waals surface area (Å²) in [5, 5.41) is 0. The Hall–Kier alpha value is -2.27. The molecule has 1 nitrogen and oxygen atoms in total. The predicted molar refractivity (Wildman–Crippen MR) is 65.0 cm³/mol. The molecular formula is C15H10FO. The van der Waals surface area contributed by atoms with Crippen LogP contribution in [0.3, 0.4) is 0 Å². The van der Waals surface area contributed by atoms with Crippen LogP contribution in [0.25, 0.3) is 11.1 Å². The summed E-state index contributed by atoms with van der Waals surface area (Å²) in [6.07, 6.45) is 5.13. The maximum atomic E-state index is 13.7. The van der Waals surface area contributed by atoms with Crippen LogP contribution in [0, 0.1) is 24.2 Å². The van der Waals surface area contributed by atoms with Crippen LogP contribution < -0.4 is 4.74 Å². The van der Waals surface area contributed by atoms with Gasteiger partial charge in [-0.05, 0) is 6.07 Å². The zero-order chi connectivity index (χ0) is 12.1. The third-order valence-electron chi connectivity index (χ3n) is 2.28. The molecule has 0 amide bonds. The lowest BCUT2D eigenvalue weighted by Crippen LogP contribution is -1.96. The van der Waals surface area contributed by atoms with Gasteiger partial charge in [0.1, 0.15) is 18.2 Å². The minimum Gasteiger partial charge on any atom is -0.480 e. The van der Waals surface area contributed by atoms with Gasteiger partial charge in [0.15, 0.2) is 0 Å². The zero-order valence-electron chi connectivity index (χ0n) is 9.11. The van der Waals surface area contributed by atoms with Crippen molar-refractivity contribution >= 4 is 0 Å². The molecule has 0 saturated carbocycles. The molecule has 0 N–H and O–H groups in total. The Morgan fingerprint density at radius 2 is 1.94 bits per heavy atom. The van der Waals surface area contributed by atoms with Gasteiger partial charge in [0, 0.05) is 17.2 Å². The second-order valence-corrected chi connectivity index (χ2v) is 3.39. The van der Waals surface area contributed by atoms with Crippen molar-refractivity contribution < 1.29 is 9.13 Å². The van der Waals surface area contributed by atoms with Crippen molar-refractivity contribution in [3.05, 3.63) is 54.3 Å². The molecule has 0 aliphatic heterocycles. The van der Waals surface area contributed by atoms with Crippen molar-refractivity contribution in [1.82, 2.24) is 0 Å². The van der Waals surface area contributed by atoms with Gasteiger partial charge in [-0.25, -0.2) is 4.39 Å². The lowest BCUT2D eigenvalue weighted by Gasteiger charge is -2.09. The molecule has 17 heavy (non-hydrogen) atoms. The third kappa shape index (κ3) is 2.46. The molecule has 2 aromatic carbocycles. The van der Waals surface area contributed by atoms with E-state index in [4.69, 9.17) is 11.2 Å². The molecule has 83 valence electrons. The van der Waals surface area contributed by atoms with Crippen LogP contribution in [0.5, 0.6) is 5.75 Å². The summed E-state index contributed by atoms with van der Waals surface area (Å²) in [7, 11) is 0. The maximum Gasteiger partial charge on any atom is 0.148 e. The highest BCUT2D eigenvalue weighted by molar-refractivity contribution is 5.70. The fourth-order valence-electron chi connectivity index (χ4n) is 1.55. The summed E-state index contributed by atoms with van der Waals surface area (Å²) in [6.45, 7) is 0.141. The molecule has 0 atom stereocenters. The summed E-state index contributed by atoms with van der Waals surface area (Å²) in [5.74, 6) is 2.55. The van der Waals surface area contributed by atoms with E-state index < -0.39 is 0 Å². The van der Waals surface area contributed by atoms with Crippen LogP contribution >= 0.6 is 0 Å². The first kappa shape index (κ1) is 11.2. The lowest BCUT2D eigenvalue weighted by molar-refractivity contribution is 0.371. The first-order chi connectivity index (χ1) is 8.33. The lowest BCUT2D eigenvalue weighted by atomic mass is 10.0. The maximum absolute atomic E-state index is 13.7. The number of halogens is 1. The van der Waals surface area contributed by atoms with Crippen LogP contribution in [0.4, 0.5) is 4.39 Å². The Labute approximate surface area is 99.9 Å². The van der Waals surface area contributed by atoms with E-state index in [0.717, 1.165) is 0 Å². The molecule has 1 radical (unpaired) electrons. The molecule has 0 heterocycles. The number of ether oxygens (including phenoxy) is 1. The Morgan fingerprint density at radius 1 is 1.18 bits per heavy atom. The molecule has 0 aliphatic carbocycles. The van der Waals surface area contributed by atoms with Gasteiger partial charge in [-0.15, -0.1) is 6.42 Å². The second-order valence-electron chi connectivity index (χ2n) is 3.39. The van der Waals surface area contributed by atoms with Gasteiger partial charge >= 0.3 is 0 Å². The quantitative estimate of drug-likeness (QED) is 0.728. The Balaban J connectivity index is 2.45. The average molecular weight is 225 g/mol. The molecule has 0 spiro atoms. The van der Waals surface area contributed by atoms with E-state index >= 15 is 0 Å². The highest BCUT2D eigenvalue weighted by atomic mass is 19.1. The molecule has 2 aromatic rings. The third-order valence-corrected chi connectivity index (χ3v) is 2.28. The number of hydrogen-bond donors (Lipinski definition) is 0. The Kier molecular flexibility index (Phi) is 3.42. The fourth-order valence-corrected chi connectivity index (χ4v) is 1.55. The van der Waals surface area contributed by atoms with Crippen molar-refractivity contribution in [2.75, 3.05) is 6.61 Å². The van der Waals surface area contributed by atoms with Gasteiger partial charge in [0.05, 0.1) is 0 Å². The highest BCUT2D eigenvalue weighted by Gasteiger charge is 2.09. The van der Waals surface area contributed by atoms with E-state index in [1.54, 1.807) is 36.4 Å². The molecular weight excluding hydrogens is 215 g/mol.